The molecule has 6 heteroatoms. The largest absolute Gasteiger partial charge is 0.399 e. The number of rotatable bonds is 5. The summed E-state index contributed by atoms with van der Waals surface area (Å²) in [5.74, 6) is -0.245. The van der Waals surface area contributed by atoms with Gasteiger partial charge in [-0.3, -0.25) is 9.48 Å². The molecule has 0 spiro atoms. The minimum atomic E-state index is -0.223. The van der Waals surface area contributed by atoms with Crippen molar-refractivity contribution in [3.05, 3.63) is 42.2 Å². The summed E-state index contributed by atoms with van der Waals surface area (Å²) in [6.07, 6.45) is 3.37. The lowest BCUT2D eigenvalue weighted by molar-refractivity contribution is -0.122. The van der Waals surface area contributed by atoms with Crippen molar-refractivity contribution < 1.29 is 4.79 Å². The van der Waals surface area contributed by atoms with Gasteiger partial charge >= 0.3 is 0 Å². The SMILES string of the molecule is CC(C(=O)NCCn1ccnn1)c1cccc(N)c1. The maximum Gasteiger partial charge on any atom is 0.227 e. The molecular weight excluding hydrogens is 242 g/mol. The number of nitrogens with two attached hydrogens (primary N) is 1. The predicted molar refractivity (Wildman–Crippen MR) is 72.3 cm³/mol. The van der Waals surface area contributed by atoms with Crippen LogP contribution in [0.15, 0.2) is 36.7 Å². The van der Waals surface area contributed by atoms with Gasteiger partial charge < -0.3 is 11.1 Å². The summed E-state index contributed by atoms with van der Waals surface area (Å²) in [4.78, 5) is 12.0. The van der Waals surface area contributed by atoms with Gasteiger partial charge in [-0.2, -0.15) is 0 Å². The molecule has 2 rings (SSSR count). The molecule has 0 saturated carbocycles. The van der Waals surface area contributed by atoms with Crippen molar-refractivity contribution >= 4 is 11.6 Å². The first-order chi connectivity index (χ1) is 9.16. The van der Waals surface area contributed by atoms with Crippen LogP contribution >= 0.6 is 0 Å². The number of carbonyl (C=O) groups excluding carboxylic acids is 1. The molecule has 0 aliphatic carbocycles. The maximum absolute atomic E-state index is 12.0. The second-order valence-corrected chi connectivity index (χ2v) is 4.35. The molecule has 1 unspecified atom stereocenters. The van der Waals surface area contributed by atoms with Gasteiger partial charge in [-0.25, -0.2) is 0 Å². The van der Waals surface area contributed by atoms with E-state index in [1.807, 2.05) is 25.1 Å². The van der Waals surface area contributed by atoms with Crippen molar-refractivity contribution in [3.8, 4) is 0 Å². The number of carbonyl (C=O) groups is 1. The van der Waals surface area contributed by atoms with Crippen LogP contribution in [0.25, 0.3) is 0 Å². The summed E-state index contributed by atoms with van der Waals surface area (Å²) >= 11 is 0. The summed E-state index contributed by atoms with van der Waals surface area (Å²) in [5, 5.41) is 10.4. The van der Waals surface area contributed by atoms with Crippen LogP contribution in [0, 0.1) is 0 Å². The van der Waals surface area contributed by atoms with Crippen LogP contribution in [0.5, 0.6) is 0 Å². The molecule has 1 amide bonds. The van der Waals surface area contributed by atoms with E-state index in [-0.39, 0.29) is 11.8 Å². The number of benzene rings is 1. The Kier molecular flexibility index (Phi) is 4.12. The van der Waals surface area contributed by atoms with E-state index < -0.39 is 0 Å². The number of nitrogens with one attached hydrogen (secondary N) is 1. The summed E-state index contributed by atoms with van der Waals surface area (Å²) in [6.45, 7) is 2.99. The van der Waals surface area contributed by atoms with E-state index in [2.05, 4.69) is 15.6 Å². The first-order valence-electron chi connectivity index (χ1n) is 6.14. The summed E-state index contributed by atoms with van der Waals surface area (Å²) in [5.41, 5.74) is 7.29. The fourth-order valence-corrected chi connectivity index (χ4v) is 1.78. The highest BCUT2D eigenvalue weighted by Crippen LogP contribution is 2.17. The fourth-order valence-electron chi connectivity index (χ4n) is 1.78. The lowest BCUT2D eigenvalue weighted by atomic mass is 10.00. The number of aromatic nitrogens is 3. The van der Waals surface area contributed by atoms with Crippen LogP contribution in [0.2, 0.25) is 0 Å². The van der Waals surface area contributed by atoms with Gasteiger partial charge in [-0.1, -0.05) is 17.3 Å². The zero-order valence-corrected chi connectivity index (χ0v) is 10.8. The topological polar surface area (TPSA) is 85.8 Å². The number of anilines is 1. The Bertz CT molecular complexity index is 538. The van der Waals surface area contributed by atoms with Crippen molar-refractivity contribution in [1.29, 1.82) is 0 Å². The van der Waals surface area contributed by atoms with E-state index in [1.54, 1.807) is 23.1 Å². The smallest absolute Gasteiger partial charge is 0.227 e. The number of amides is 1. The summed E-state index contributed by atoms with van der Waals surface area (Å²) in [7, 11) is 0. The van der Waals surface area contributed by atoms with Crippen molar-refractivity contribution in [2.24, 2.45) is 0 Å². The van der Waals surface area contributed by atoms with Gasteiger partial charge in [0.25, 0.3) is 0 Å². The molecule has 6 nitrogen and oxygen atoms in total. The van der Waals surface area contributed by atoms with Crippen molar-refractivity contribution in [2.75, 3.05) is 12.3 Å². The Morgan fingerprint density at radius 2 is 2.37 bits per heavy atom. The zero-order valence-electron chi connectivity index (χ0n) is 10.8. The van der Waals surface area contributed by atoms with E-state index in [0.717, 1.165) is 5.56 Å². The van der Waals surface area contributed by atoms with Crippen LogP contribution in [0.3, 0.4) is 0 Å². The van der Waals surface area contributed by atoms with Crippen LogP contribution in [-0.4, -0.2) is 27.4 Å². The molecule has 1 aromatic carbocycles. The monoisotopic (exact) mass is 259 g/mol. The third-order valence-corrected chi connectivity index (χ3v) is 2.92. The highest BCUT2D eigenvalue weighted by atomic mass is 16.1. The van der Waals surface area contributed by atoms with E-state index in [0.29, 0.717) is 18.8 Å². The Hall–Kier alpha value is -2.37. The standard InChI is InChI=1S/C13H17N5O/c1-10(11-3-2-4-12(14)9-11)13(19)15-5-7-18-8-6-16-17-18/h2-4,6,8-10H,5,7,14H2,1H3,(H,15,19). The molecule has 1 atom stereocenters. The maximum atomic E-state index is 12.0. The molecule has 1 heterocycles. The first kappa shape index (κ1) is 13.1. The molecular formula is C13H17N5O. The zero-order chi connectivity index (χ0) is 13.7. The van der Waals surface area contributed by atoms with Gasteiger partial charge in [-0.15, -0.1) is 5.10 Å². The first-order valence-corrected chi connectivity index (χ1v) is 6.14. The predicted octanol–water partition coefficient (Wildman–Crippen LogP) is 0.780. The number of nitrogens with zero attached hydrogens (tertiary/aromatic N) is 3. The van der Waals surface area contributed by atoms with Gasteiger partial charge in [0.05, 0.1) is 18.7 Å². The summed E-state index contributed by atoms with van der Waals surface area (Å²) in [6, 6.07) is 7.38. The third kappa shape index (κ3) is 3.54. The Morgan fingerprint density at radius 3 is 3.05 bits per heavy atom. The van der Waals surface area contributed by atoms with Gasteiger partial charge in [0.2, 0.25) is 5.91 Å². The van der Waals surface area contributed by atoms with Crippen LogP contribution in [0.1, 0.15) is 18.4 Å². The molecule has 0 saturated heterocycles. The van der Waals surface area contributed by atoms with E-state index in [1.165, 1.54) is 0 Å². The minimum absolute atomic E-state index is 0.0225. The van der Waals surface area contributed by atoms with Gasteiger partial charge in [0, 0.05) is 18.4 Å². The highest BCUT2D eigenvalue weighted by molar-refractivity contribution is 5.83. The number of hydrogen-bond donors (Lipinski definition) is 2. The molecule has 0 aliphatic heterocycles. The van der Waals surface area contributed by atoms with Crippen molar-refractivity contribution in [3.63, 3.8) is 0 Å². The minimum Gasteiger partial charge on any atom is -0.399 e. The molecule has 0 bridgehead atoms. The van der Waals surface area contributed by atoms with Gasteiger partial charge in [0.15, 0.2) is 0 Å². The van der Waals surface area contributed by atoms with Gasteiger partial charge in [-0.05, 0) is 24.6 Å². The van der Waals surface area contributed by atoms with Crippen molar-refractivity contribution in [1.82, 2.24) is 20.3 Å². The summed E-state index contributed by atoms with van der Waals surface area (Å²) < 4.78 is 1.67. The molecule has 0 radical (unpaired) electrons. The fraction of sp³-hybridized carbons (Fsp3) is 0.308. The lowest BCUT2D eigenvalue weighted by Gasteiger charge is -2.13. The van der Waals surface area contributed by atoms with E-state index in [4.69, 9.17) is 5.73 Å². The normalized spacial score (nSPS) is 12.1. The van der Waals surface area contributed by atoms with E-state index >= 15 is 0 Å². The molecule has 0 fully saturated rings. The van der Waals surface area contributed by atoms with E-state index in [9.17, 15) is 4.79 Å². The molecule has 1 aromatic heterocycles. The second kappa shape index (κ2) is 5.99. The second-order valence-electron chi connectivity index (χ2n) is 4.35. The van der Waals surface area contributed by atoms with Crippen molar-refractivity contribution in [2.45, 2.75) is 19.4 Å². The number of hydrogen-bond acceptors (Lipinski definition) is 4. The molecule has 3 N–H and O–H groups in total. The molecule has 19 heavy (non-hydrogen) atoms. The third-order valence-electron chi connectivity index (χ3n) is 2.92. The quantitative estimate of drug-likeness (QED) is 0.777. The molecule has 100 valence electrons. The molecule has 0 aliphatic rings. The average Bonchev–Trinajstić information content (AvgIpc) is 2.91. The average molecular weight is 259 g/mol. The van der Waals surface area contributed by atoms with Crippen LogP contribution < -0.4 is 11.1 Å². The highest BCUT2D eigenvalue weighted by Gasteiger charge is 2.14. The number of nitrogen functional groups attached to an aromatic ring is 1. The lowest BCUT2D eigenvalue weighted by Crippen LogP contribution is -2.31. The molecule has 2 aromatic rings. The van der Waals surface area contributed by atoms with Crippen LogP contribution in [-0.2, 0) is 11.3 Å². The Labute approximate surface area is 111 Å². The van der Waals surface area contributed by atoms with Gasteiger partial charge in [0.1, 0.15) is 0 Å². The Balaban J connectivity index is 1.85. The van der Waals surface area contributed by atoms with Crippen LogP contribution in [0.4, 0.5) is 5.69 Å². The Morgan fingerprint density at radius 1 is 1.53 bits per heavy atom.